The van der Waals surface area contributed by atoms with Gasteiger partial charge in [-0.15, -0.1) is 0 Å². The van der Waals surface area contributed by atoms with E-state index >= 15 is 0 Å². The summed E-state index contributed by atoms with van der Waals surface area (Å²) < 4.78 is 27.1. The van der Waals surface area contributed by atoms with Crippen molar-refractivity contribution in [1.82, 2.24) is 0 Å². The molecule has 2 aromatic carbocycles. The molecule has 22 heavy (non-hydrogen) atoms. The van der Waals surface area contributed by atoms with Crippen molar-refractivity contribution < 1.29 is 18.3 Å². The van der Waals surface area contributed by atoms with Crippen LogP contribution in [0.4, 0.5) is 5.69 Å². The van der Waals surface area contributed by atoms with Crippen LogP contribution in [0.25, 0.3) is 0 Å². The van der Waals surface area contributed by atoms with E-state index in [0.717, 1.165) is 17.7 Å². The molecule has 0 spiro atoms. The largest absolute Gasteiger partial charge is 0.478 e. The number of halogens is 2. The minimum Gasteiger partial charge on any atom is -0.478 e. The van der Waals surface area contributed by atoms with Crippen LogP contribution < -0.4 is 4.72 Å². The highest BCUT2D eigenvalue weighted by Gasteiger charge is 2.22. The Hall–Kier alpha value is -1.76. The summed E-state index contributed by atoms with van der Waals surface area (Å²) in [5, 5.41) is 8.62. The van der Waals surface area contributed by atoms with E-state index < -0.39 is 16.0 Å². The molecule has 116 valence electrons. The maximum absolute atomic E-state index is 12.4. The Morgan fingerprint density at radius 2 is 1.73 bits per heavy atom. The van der Waals surface area contributed by atoms with E-state index in [-0.39, 0.29) is 20.5 Å². The third-order valence-corrected chi connectivity index (χ3v) is 5.15. The molecular formula is C14H11Cl2NO4S. The molecule has 0 saturated carbocycles. The van der Waals surface area contributed by atoms with Crippen molar-refractivity contribution in [2.45, 2.75) is 11.8 Å². The third kappa shape index (κ3) is 3.52. The molecule has 0 fully saturated rings. The van der Waals surface area contributed by atoms with Crippen molar-refractivity contribution in [3.63, 3.8) is 0 Å². The Kier molecular flexibility index (Phi) is 4.65. The number of carboxylic acids is 1. The predicted molar refractivity (Wildman–Crippen MR) is 85.4 cm³/mol. The summed E-state index contributed by atoms with van der Waals surface area (Å²) in [6, 6.07) is 8.71. The molecule has 0 radical (unpaired) electrons. The lowest BCUT2D eigenvalue weighted by Crippen LogP contribution is -2.14. The summed E-state index contributed by atoms with van der Waals surface area (Å²) in [7, 11) is -4.07. The lowest BCUT2D eigenvalue weighted by Gasteiger charge is -2.11. The number of hydrogen-bond donors (Lipinski definition) is 2. The van der Waals surface area contributed by atoms with E-state index in [9.17, 15) is 13.2 Å². The number of carbonyl (C=O) groups is 1. The molecule has 0 amide bonds. The highest BCUT2D eigenvalue weighted by Crippen LogP contribution is 2.32. The summed E-state index contributed by atoms with van der Waals surface area (Å²) in [4.78, 5) is 10.6. The normalized spacial score (nSPS) is 11.2. The van der Waals surface area contributed by atoms with Gasteiger partial charge in [-0.2, -0.15) is 0 Å². The van der Waals surface area contributed by atoms with Gasteiger partial charge >= 0.3 is 5.97 Å². The van der Waals surface area contributed by atoms with Crippen molar-refractivity contribution in [3.8, 4) is 0 Å². The van der Waals surface area contributed by atoms with Gasteiger partial charge in [-0.1, -0.05) is 40.9 Å². The topological polar surface area (TPSA) is 83.5 Å². The maximum atomic E-state index is 12.4. The Morgan fingerprint density at radius 3 is 2.27 bits per heavy atom. The van der Waals surface area contributed by atoms with E-state index in [1.807, 2.05) is 6.92 Å². The summed E-state index contributed by atoms with van der Waals surface area (Å²) in [5.41, 5.74) is 1.04. The van der Waals surface area contributed by atoms with Gasteiger partial charge in [0.25, 0.3) is 10.0 Å². The van der Waals surface area contributed by atoms with Gasteiger partial charge < -0.3 is 5.11 Å². The molecule has 2 rings (SSSR count). The molecule has 0 aliphatic rings. The first-order valence-corrected chi connectivity index (χ1v) is 8.26. The van der Waals surface area contributed by atoms with Gasteiger partial charge in [0, 0.05) is 5.69 Å². The van der Waals surface area contributed by atoms with Crippen LogP contribution >= 0.6 is 23.2 Å². The fraction of sp³-hybridized carbons (Fsp3) is 0.0714. The van der Waals surface area contributed by atoms with E-state index in [0.29, 0.717) is 5.69 Å². The average molecular weight is 360 g/mol. The van der Waals surface area contributed by atoms with Crippen LogP contribution in [0.3, 0.4) is 0 Å². The molecule has 0 saturated heterocycles. The van der Waals surface area contributed by atoms with Crippen LogP contribution in [0.5, 0.6) is 0 Å². The Bertz CT molecular complexity index is 833. The average Bonchev–Trinajstić information content (AvgIpc) is 2.43. The monoisotopic (exact) mass is 359 g/mol. The molecule has 0 atom stereocenters. The van der Waals surface area contributed by atoms with Crippen LogP contribution in [0.15, 0.2) is 41.3 Å². The van der Waals surface area contributed by atoms with Crippen LogP contribution in [-0.2, 0) is 10.0 Å². The highest BCUT2D eigenvalue weighted by atomic mass is 35.5. The van der Waals surface area contributed by atoms with Gasteiger partial charge in [0.1, 0.15) is 4.90 Å². The highest BCUT2D eigenvalue weighted by molar-refractivity contribution is 7.92. The zero-order valence-corrected chi connectivity index (χ0v) is 13.6. The molecule has 2 aromatic rings. The zero-order chi connectivity index (χ0) is 16.5. The molecule has 0 bridgehead atoms. The summed E-state index contributed by atoms with van der Waals surface area (Å²) in [6.07, 6.45) is 0. The van der Waals surface area contributed by atoms with Gasteiger partial charge in [-0.25, -0.2) is 13.2 Å². The van der Waals surface area contributed by atoms with Crippen LogP contribution in [0.1, 0.15) is 15.9 Å². The molecule has 0 heterocycles. The molecule has 5 nitrogen and oxygen atoms in total. The van der Waals surface area contributed by atoms with Crippen molar-refractivity contribution >= 4 is 44.9 Å². The second-order valence-corrected chi connectivity index (χ2v) is 6.98. The first-order chi connectivity index (χ1) is 10.2. The Balaban J connectivity index is 2.49. The second-order valence-electron chi connectivity index (χ2n) is 4.55. The van der Waals surface area contributed by atoms with E-state index in [1.165, 1.54) is 0 Å². The van der Waals surface area contributed by atoms with E-state index in [2.05, 4.69) is 4.72 Å². The fourth-order valence-corrected chi connectivity index (χ4v) is 3.59. The number of aromatic carboxylic acids is 1. The van der Waals surface area contributed by atoms with Crippen LogP contribution in [0, 0.1) is 6.92 Å². The molecule has 0 aliphatic heterocycles. The minimum atomic E-state index is -4.07. The number of anilines is 1. The van der Waals surface area contributed by atoms with E-state index in [4.69, 9.17) is 28.3 Å². The quantitative estimate of drug-likeness (QED) is 0.869. The standard InChI is InChI=1S/C14H11Cl2NO4S/c1-8-2-4-10(5-3-8)17-22(20,21)12-7-9(14(18)19)6-11(15)13(12)16/h2-7,17H,1H3,(H,18,19). The number of aryl methyl sites for hydroxylation is 1. The number of carboxylic acid groups (broad SMARTS) is 1. The van der Waals surface area contributed by atoms with Crippen molar-refractivity contribution in [2.24, 2.45) is 0 Å². The third-order valence-electron chi connectivity index (χ3n) is 2.84. The Morgan fingerprint density at radius 1 is 1.14 bits per heavy atom. The van der Waals surface area contributed by atoms with Crippen LogP contribution in [-0.4, -0.2) is 19.5 Å². The first kappa shape index (κ1) is 16.6. The lowest BCUT2D eigenvalue weighted by atomic mass is 10.2. The SMILES string of the molecule is Cc1ccc(NS(=O)(=O)c2cc(C(=O)O)cc(Cl)c2Cl)cc1. The van der Waals surface area contributed by atoms with Crippen molar-refractivity contribution in [2.75, 3.05) is 4.72 Å². The van der Waals surface area contributed by atoms with Gasteiger partial charge in [-0.05, 0) is 31.2 Å². The first-order valence-electron chi connectivity index (χ1n) is 6.02. The summed E-state index contributed by atoms with van der Waals surface area (Å²) in [5.74, 6) is -1.30. The molecular weight excluding hydrogens is 349 g/mol. The smallest absolute Gasteiger partial charge is 0.335 e. The number of nitrogens with one attached hydrogen (secondary N) is 1. The zero-order valence-electron chi connectivity index (χ0n) is 11.3. The summed E-state index contributed by atoms with van der Waals surface area (Å²) >= 11 is 11.7. The molecule has 2 N–H and O–H groups in total. The van der Waals surface area contributed by atoms with Gasteiger partial charge in [0.15, 0.2) is 0 Å². The number of benzene rings is 2. The summed E-state index contributed by atoms with van der Waals surface area (Å²) in [6.45, 7) is 1.87. The van der Waals surface area contributed by atoms with Gasteiger partial charge in [0.05, 0.1) is 15.6 Å². The van der Waals surface area contributed by atoms with Gasteiger partial charge in [-0.3, -0.25) is 4.72 Å². The molecule has 0 aliphatic carbocycles. The minimum absolute atomic E-state index is 0.147. The second kappa shape index (κ2) is 6.16. The predicted octanol–water partition coefficient (Wildman–Crippen LogP) is 3.80. The number of sulfonamides is 1. The van der Waals surface area contributed by atoms with Gasteiger partial charge in [0.2, 0.25) is 0 Å². The number of hydrogen-bond acceptors (Lipinski definition) is 3. The maximum Gasteiger partial charge on any atom is 0.335 e. The van der Waals surface area contributed by atoms with Crippen molar-refractivity contribution in [3.05, 3.63) is 57.6 Å². The Labute approximate surface area is 137 Å². The number of rotatable bonds is 4. The molecule has 0 aromatic heterocycles. The molecule has 8 heteroatoms. The fourth-order valence-electron chi connectivity index (χ4n) is 1.71. The van der Waals surface area contributed by atoms with E-state index in [1.54, 1.807) is 24.3 Å². The van der Waals surface area contributed by atoms with Crippen molar-refractivity contribution in [1.29, 1.82) is 0 Å². The molecule has 0 unspecified atom stereocenters. The lowest BCUT2D eigenvalue weighted by molar-refractivity contribution is 0.0696. The van der Waals surface area contributed by atoms with Crippen LogP contribution in [0.2, 0.25) is 10.0 Å².